The van der Waals surface area contributed by atoms with Crippen molar-refractivity contribution in [1.29, 1.82) is 0 Å². The van der Waals surface area contributed by atoms with Crippen molar-refractivity contribution in [3.05, 3.63) is 71.8 Å². The Morgan fingerprint density at radius 3 is 2.35 bits per heavy atom. The topological polar surface area (TPSA) is 73.8 Å². The highest BCUT2D eigenvalue weighted by Gasteiger charge is 2.31. The number of guanidine groups is 1. The maximum atomic E-state index is 12.0. The van der Waals surface area contributed by atoms with Crippen molar-refractivity contribution >= 4 is 40.0 Å². The van der Waals surface area contributed by atoms with E-state index in [1.165, 1.54) is 17.4 Å². The van der Waals surface area contributed by atoms with E-state index in [9.17, 15) is 8.42 Å². The van der Waals surface area contributed by atoms with Gasteiger partial charge in [0.15, 0.2) is 5.96 Å². The van der Waals surface area contributed by atoms with E-state index in [0.29, 0.717) is 25.0 Å². The lowest BCUT2D eigenvalue weighted by Gasteiger charge is -2.24. The summed E-state index contributed by atoms with van der Waals surface area (Å²) in [5.74, 6) is 0.996. The van der Waals surface area contributed by atoms with Crippen LogP contribution in [0.1, 0.15) is 29.9 Å². The molecule has 0 amide bonds. The van der Waals surface area contributed by atoms with Gasteiger partial charge in [-0.25, -0.2) is 8.42 Å². The van der Waals surface area contributed by atoms with Crippen LogP contribution in [0, 0.1) is 0 Å². The van der Waals surface area contributed by atoms with E-state index in [4.69, 9.17) is 0 Å². The van der Waals surface area contributed by atoms with Crippen molar-refractivity contribution in [3.8, 4) is 0 Å². The number of halogens is 1. The number of hydrogen-bond donors (Lipinski definition) is 2. The van der Waals surface area contributed by atoms with Crippen LogP contribution in [0.3, 0.4) is 0 Å². The summed E-state index contributed by atoms with van der Waals surface area (Å²) in [6.45, 7) is 1.89. The van der Waals surface area contributed by atoms with Crippen LogP contribution in [0.5, 0.6) is 0 Å². The Labute approximate surface area is 203 Å². The first kappa shape index (κ1) is 25.6. The molecule has 1 heterocycles. The molecule has 2 N–H and O–H groups in total. The van der Waals surface area contributed by atoms with E-state index in [1.807, 2.05) is 12.1 Å². The van der Waals surface area contributed by atoms with E-state index in [1.54, 1.807) is 11.4 Å². The number of aliphatic imine (C=N–C) groups is 1. The lowest BCUT2D eigenvalue weighted by Crippen LogP contribution is -2.47. The smallest absolute Gasteiger partial charge is 0.211 e. The van der Waals surface area contributed by atoms with E-state index >= 15 is 0 Å². The molecule has 6 nitrogen and oxygen atoms in total. The summed E-state index contributed by atoms with van der Waals surface area (Å²) >= 11 is 0. The summed E-state index contributed by atoms with van der Waals surface area (Å²) in [6.07, 6.45) is 3.99. The normalized spacial score (nSPS) is 18.3. The maximum Gasteiger partial charge on any atom is 0.211 e. The fraction of sp³-hybridized carbons (Fsp3) is 0.435. The molecule has 1 aliphatic heterocycles. The fourth-order valence-corrected chi connectivity index (χ4v) is 5.22. The number of rotatable bonds is 8. The molecule has 8 heteroatoms. The molecule has 0 radical (unpaired) electrons. The second-order valence-corrected chi connectivity index (χ2v) is 9.74. The molecular formula is C23H33IN4O2S. The van der Waals surface area contributed by atoms with Crippen molar-refractivity contribution < 1.29 is 8.42 Å². The summed E-state index contributed by atoms with van der Waals surface area (Å²) in [7, 11) is -1.43. The van der Waals surface area contributed by atoms with E-state index in [-0.39, 0.29) is 30.0 Å². The van der Waals surface area contributed by atoms with Gasteiger partial charge in [-0.1, -0.05) is 60.7 Å². The van der Waals surface area contributed by atoms with Crippen LogP contribution in [0.15, 0.2) is 65.7 Å². The Hall–Kier alpha value is -1.65. The molecule has 3 rings (SSSR count). The number of hydrogen-bond acceptors (Lipinski definition) is 3. The van der Waals surface area contributed by atoms with Crippen LogP contribution in [0.2, 0.25) is 0 Å². The Morgan fingerprint density at radius 2 is 1.74 bits per heavy atom. The van der Waals surface area contributed by atoms with E-state index in [2.05, 4.69) is 64.2 Å². The monoisotopic (exact) mass is 556 g/mol. The van der Waals surface area contributed by atoms with Crippen LogP contribution >= 0.6 is 24.0 Å². The largest absolute Gasteiger partial charge is 0.356 e. The van der Waals surface area contributed by atoms with Crippen molar-refractivity contribution in [2.24, 2.45) is 4.99 Å². The van der Waals surface area contributed by atoms with E-state index in [0.717, 1.165) is 25.8 Å². The van der Waals surface area contributed by atoms with Crippen LogP contribution in [-0.2, 0) is 16.4 Å². The Morgan fingerprint density at radius 1 is 1.10 bits per heavy atom. The molecule has 1 unspecified atom stereocenters. The van der Waals surface area contributed by atoms with Gasteiger partial charge in [0.2, 0.25) is 10.0 Å². The van der Waals surface area contributed by atoms with Gasteiger partial charge in [0.05, 0.1) is 6.26 Å². The molecule has 1 aliphatic rings. The third-order valence-electron chi connectivity index (χ3n) is 5.59. The lowest BCUT2D eigenvalue weighted by molar-refractivity contribution is 0.387. The second-order valence-electron chi connectivity index (χ2n) is 7.80. The minimum Gasteiger partial charge on any atom is -0.356 e. The zero-order chi connectivity index (χ0) is 21.4. The lowest BCUT2D eigenvalue weighted by atomic mass is 9.92. The molecule has 2 aromatic rings. The van der Waals surface area contributed by atoms with Crippen LogP contribution in [0.4, 0.5) is 0 Å². The fourth-order valence-electron chi connectivity index (χ4n) is 4.04. The van der Waals surface area contributed by atoms with Crippen molar-refractivity contribution in [1.82, 2.24) is 14.9 Å². The molecule has 2 aromatic carbocycles. The highest BCUT2D eigenvalue weighted by atomic mass is 127. The minimum atomic E-state index is -3.17. The zero-order valence-corrected chi connectivity index (χ0v) is 21.3. The zero-order valence-electron chi connectivity index (χ0n) is 18.2. The van der Waals surface area contributed by atoms with E-state index < -0.39 is 10.0 Å². The SMILES string of the molecule is CN=C(NCC(Cc1ccccc1)c1ccccc1)NC[C@H]1CCCN1S(C)(=O)=O.I. The molecule has 1 fully saturated rings. The van der Waals surface area contributed by atoms with Gasteiger partial charge in [-0.15, -0.1) is 24.0 Å². The number of nitrogens with one attached hydrogen (secondary N) is 2. The molecule has 0 saturated carbocycles. The Kier molecular flexibility index (Phi) is 10.2. The van der Waals surface area contributed by atoms with Gasteiger partial charge in [0.25, 0.3) is 0 Å². The standard InChI is InChI=1S/C23H32N4O2S.HI/c1-24-23(26-18-22-14-9-15-27(22)30(2,28)29)25-17-21(20-12-7-4-8-13-20)16-19-10-5-3-6-11-19;/h3-8,10-13,21-22H,9,14-18H2,1-2H3,(H2,24,25,26);1H/t21?,22-;/m1./s1. The van der Waals surface area contributed by atoms with Gasteiger partial charge >= 0.3 is 0 Å². The van der Waals surface area contributed by atoms with Crippen LogP contribution in [-0.4, -0.2) is 57.7 Å². The van der Waals surface area contributed by atoms with Gasteiger partial charge in [-0.05, 0) is 30.4 Å². The molecular weight excluding hydrogens is 523 g/mol. The average molecular weight is 557 g/mol. The molecule has 0 aliphatic carbocycles. The van der Waals surface area contributed by atoms with Crippen molar-refractivity contribution in [2.45, 2.75) is 31.2 Å². The highest BCUT2D eigenvalue weighted by molar-refractivity contribution is 14.0. The first-order valence-corrected chi connectivity index (χ1v) is 12.3. The molecule has 0 bridgehead atoms. The minimum absolute atomic E-state index is 0. The summed E-state index contributed by atoms with van der Waals surface area (Å²) in [5, 5.41) is 6.75. The summed E-state index contributed by atoms with van der Waals surface area (Å²) in [6, 6.07) is 21.0. The third-order valence-corrected chi connectivity index (χ3v) is 6.92. The summed E-state index contributed by atoms with van der Waals surface area (Å²) in [4.78, 5) is 4.34. The van der Waals surface area contributed by atoms with Crippen LogP contribution in [0.25, 0.3) is 0 Å². The first-order valence-electron chi connectivity index (χ1n) is 10.5. The number of nitrogens with zero attached hydrogens (tertiary/aromatic N) is 2. The third kappa shape index (κ3) is 7.76. The van der Waals surface area contributed by atoms with Gasteiger partial charge in [-0.3, -0.25) is 4.99 Å². The van der Waals surface area contributed by atoms with Gasteiger partial charge in [-0.2, -0.15) is 4.31 Å². The van der Waals surface area contributed by atoms with Crippen LogP contribution < -0.4 is 10.6 Å². The van der Waals surface area contributed by atoms with Crippen molar-refractivity contribution in [2.75, 3.05) is 32.9 Å². The first-order chi connectivity index (χ1) is 14.5. The molecule has 1 saturated heterocycles. The molecule has 0 spiro atoms. The van der Waals surface area contributed by atoms with Gasteiger partial charge in [0, 0.05) is 38.6 Å². The quantitative estimate of drug-likeness (QED) is 0.298. The van der Waals surface area contributed by atoms with Crippen molar-refractivity contribution in [3.63, 3.8) is 0 Å². The molecule has 170 valence electrons. The number of sulfonamides is 1. The van der Waals surface area contributed by atoms with Gasteiger partial charge in [0.1, 0.15) is 0 Å². The predicted molar refractivity (Wildman–Crippen MR) is 139 cm³/mol. The second kappa shape index (κ2) is 12.4. The molecule has 31 heavy (non-hydrogen) atoms. The van der Waals surface area contributed by atoms with Gasteiger partial charge < -0.3 is 10.6 Å². The average Bonchev–Trinajstić information content (AvgIpc) is 3.24. The Balaban J connectivity index is 0.00000341. The maximum absolute atomic E-state index is 12.0. The molecule has 2 atom stereocenters. The Bertz CT molecular complexity index is 923. The molecule has 0 aromatic heterocycles. The number of benzene rings is 2. The summed E-state index contributed by atoms with van der Waals surface area (Å²) in [5.41, 5.74) is 2.58. The summed E-state index contributed by atoms with van der Waals surface area (Å²) < 4.78 is 25.5. The predicted octanol–water partition coefficient (Wildman–Crippen LogP) is 3.22. The highest BCUT2D eigenvalue weighted by Crippen LogP contribution is 2.21.